The van der Waals surface area contributed by atoms with Gasteiger partial charge in [0.25, 0.3) is 0 Å². The second-order valence-corrected chi connectivity index (χ2v) is 2.77. The molecule has 0 bridgehead atoms. The lowest BCUT2D eigenvalue weighted by atomic mass is 10.4. The Labute approximate surface area is 100 Å². The van der Waals surface area contributed by atoms with Gasteiger partial charge in [0.2, 0.25) is 11.9 Å². The van der Waals surface area contributed by atoms with E-state index in [0.29, 0.717) is 19.0 Å². The molecule has 1 saturated heterocycles. The molecule has 2 heterocycles. The number of aromatic nitrogens is 2. The van der Waals surface area contributed by atoms with E-state index in [1.165, 1.54) is 0 Å². The quantitative estimate of drug-likeness (QED) is 0.777. The normalized spacial score (nSPS) is 15.2. The van der Waals surface area contributed by atoms with Gasteiger partial charge in [-0.1, -0.05) is 0 Å². The van der Waals surface area contributed by atoms with E-state index in [0.717, 1.165) is 6.54 Å². The van der Waals surface area contributed by atoms with Crippen molar-refractivity contribution in [3.05, 3.63) is 18.5 Å². The Bertz CT molecular complexity index is 309. The fourth-order valence-corrected chi connectivity index (χ4v) is 1.25. The van der Waals surface area contributed by atoms with Gasteiger partial charge >= 0.3 is 0 Å². The molecule has 1 N–H and O–H groups in total. The van der Waals surface area contributed by atoms with Gasteiger partial charge in [-0.3, -0.25) is 9.69 Å². The van der Waals surface area contributed by atoms with Crippen molar-refractivity contribution in [2.75, 3.05) is 24.5 Å². The van der Waals surface area contributed by atoms with Crippen LogP contribution in [0.15, 0.2) is 18.5 Å². The highest BCUT2D eigenvalue weighted by Gasteiger charge is 2.20. The van der Waals surface area contributed by atoms with Gasteiger partial charge in [0.1, 0.15) is 0 Å². The number of carbonyl (C=O) groups excluding carboxylic acids is 1. The smallest absolute Gasteiger partial charge is 0.243 e. The standard InChI is InChI=1S/C8H10N4O.2ClH/c13-7-6-9-4-5-12(7)8-10-2-1-3-11-8;;/h1-3,9H,4-6H2;2*1H. The Morgan fingerprint density at radius 1 is 1.27 bits per heavy atom. The van der Waals surface area contributed by atoms with Crippen LogP contribution in [0.25, 0.3) is 0 Å². The third-order valence-electron chi connectivity index (χ3n) is 1.88. The van der Waals surface area contributed by atoms with Crippen LogP contribution in [0, 0.1) is 0 Å². The Balaban J connectivity index is 0.000000980. The highest BCUT2D eigenvalue weighted by Crippen LogP contribution is 2.06. The van der Waals surface area contributed by atoms with Crippen LogP contribution in [0.1, 0.15) is 0 Å². The average molecular weight is 251 g/mol. The van der Waals surface area contributed by atoms with E-state index < -0.39 is 0 Å². The van der Waals surface area contributed by atoms with Crippen LogP contribution < -0.4 is 10.2 Å². The van der Waals surface area contributed by atoms with Crippen molar-refractivity contribution >= 4 is 36.7 Å². The number of nitrogens with zero attached hydrogens (tertiary/aromatic N) is 3. The van der Waals surface area contributed by atoms with Crippen molar-refractivity contribution in [3.63, 3.8) is 0 Å². The number of hydrogen-bond donors (Lipinski definition) is 1. The van der Waals surface area contributed by atoms with Crippen LogP contribution in [0.3, 0.4) is 0 Å². The van der Waals surface area contributed by atoms with Crippen molar-refractivity contribution < 1.29 is 4.79 Å². The molecule has 1 aromatic heterocycles. The lowest BCUT2D eigenvalue weighted by molar-refractivity contribution is -0.118. The van der Waals surface area contributed by atoms with Gasteiger partial charge in [0.05, 0.1) is 6.54 Å². The van der Waals surface area contributed by atoms with Crippen LogP contribution in [-0.4, -0.2) is 35.5 Å². The van der Waals surface area contributed by atoms with Gasteiger partial charge in [-0.2, -0.15) is 0 Å². The number of hydrogen-bond acceptors (Lipinski definition) is 4. The maximum absolute atomic E-state index is 11.4. The summed E-state index contributed by atoms with van der Waals surface area (Å²) in [5, 5.41) is 2.99. The van der Waals surface area contributed by atoms with Gasteiger partial charge in [-0.25, -0.2) is 9.97 Å². The predicted octanol–water partition coefficient (Wildman–Crippen LogP) is 0.256. The van der Waals surface area contributed by atoms with E-state index in [1.807, 2.05) is 0 Å². The highest BCUT2D eigenvalue weighted by atomic mass is 35.5. The molecule has 0 aromatic carbocycles. The molecular weight excluding hydrogens is 239 g/mol. The Kier molecular flexibility index (Phi) is 6.15. The molecule has 0 unspecified atom stereocenters. The topological polar surface area (TPSA) is 58.1 Å². The summed E-state index contributed by atoms with van der Waals surface area (Å²) in [7, 11) is 0. The monoisotopic (exact) mass is 250 g/mol. The number of rotatable bonds is 1. The molecule has 0 aliphatic carbocycles. The van der Waals surface area contributed by atoms with E-state index in [2.05, 4.69) is 15.3 Å². The summed E-state index contributed by atoms with van der Waals surface area (Å²) in [4.78, 5) is 21.0. The summed E-state index contributed by atoms with van der Waals surface area (Å²) >= 11 is 0. The Hall–Kier alpha value is -0.910. The lowest BCUT2D eigenvalue weighted by Gasteiger charge is -2.24. The molecule has 1 aliphatic heterocycles. The summed E-state index contributed by atoms with van der Waals surface area (Å²) in [6.07, 6.45) is 3.27. The fraction of sp³-hybridized carbons (Fsp3) is 0.375. The molecular formula is C8H12Cl2N4O. The fourth-order valence-electron chi connectivity index (χ4n) is 1.25. The molecule has 84 valence electrons. The van der Waals surface area contributed by atoms with Crippen molar-refractivity contribution in [2.24, 2.45) is 0 Å². The first kappa shape index (κ1) is 14.1. The molecule has 0 saturated carbocycles. The van der Waals surface area contributed by atoms with E-state index in [9.17, 15) is 4.79 Å². The minimum Gasteiger partial charge on any atom is -0.307 e. The van der Waals surface area contributed by atoms with Crippen molar-refractivity contribution in [3.8, 4) is 0 Å². The van der Waals surface area contributed by atoms with E-state index >= 15 is 0 Å². The lowest BCUT2D eigenvalue weighted by Crippen LogP contribution is -2.48. The van der Waals surface area contributed by atoms with Gasteiger partial charge in [0, 0.05) is 25.5 Å². The molecule has 5 nitrogen and oxygen atoms in total. The summed E-state index contributed by atoms with van der Waals surface area (Å²) in [5.74, 6) is 0.520. The second kappa shape index (κ2) is 6.55. The molecule has 0 atom stereocenters. The number of anilines is 1. The zero-order valence-electron chi connectivity index (χ0n) is 7.92. The summed E-state index contributed by atoms with van der Waals surface area (Å²) in [5.41, 5.74) is 0. The molecule has 0 spiro atoms. The van der Waals surface area contributed by atoms with Crippen LogP contribution in [-0.2, 0) is 4.79 Å². The van der Waals surface area contributed by atoms with Gasteiger partial charge < -0.3 is 5.32 Å². The first-order valence-electron chi connectivity index (χ1n) is 4.16. The van der Waals surface area contributed by atoms with E-state index in [4.69, 9.17) is 0 Å². The summed E-state index contributed by atoms with van der Waals surface area (Å²) in [6, 6.07) is 1.73. The molecule has 1 fully saturated rings. The maximum atomic E-state index is 11.4. The van der Waals surface area contributed by atoms with Crippen LogP contribution in [0.4, 0.5) is 5.95 Å². The summed E-state index contributed by atoms with van der Waals surface area (Å²) in [6.45, 7) is 1.81. The largest absolute Gasteiger partial charge is 0.307 e. The molecule has 15 heavy (non-hydrogen) atoms. The van der Waals surface area contributed by atoms with E-state index in [1.54, 1.807) is 23.4 Å². The summed E-state index contributed by atoms with van der Waals surface area (Å²) < 4.78 is 0. The number of piperazine rings is 1. The molecule has 7 heteroatoms. The number of nitrogens with one attached hydrogen (secondary N) is 1. The number of amides is 1. The van der Waals surface area contributed by atoms with Crippen molar-refractivity contribution in [2.45, 2.75) is 0 Å². The predicted molar refractivity (Wildman–Crippen MR) is 61.8 cm³/mol. The third kappa shape index (κ3) is 3.30. The van der Waals surface area contributed by atoms with Crippen LogP contribution >= 0.6 is 24.8 Å². The minimum atomic E-state index is 0. The average Bonchev–Trinajstić information content (AvgIpc) is 2.20. The molecule has 1 amide bonds. The molecule has 2 rings (SSSR count). The number of carbonyl (C=O) groups is 1. The zero-order chi connectivity index (χ0) is 9.10. The van der Waals surface area contributed by atoms with Crippen LogP contribution in [0.5, 0.6) is 0 Å². The Morgan fingerprint density at radius 2 is 1.93 bits per heavy atom. The highest BCUT2D eigenvalue weighted by molar-refractivity contribution is 5.93. The first-order chi connectivity index (χ1) is 6.38. The first-order valence-corrected chi connectivity index (χ1v) is 4.16. The molecule has 1 aromatic rings. The minimum absolute atomic E-state index is 0. The zero-order valence-corrected chi connectivity index (χ0v) is 9.55. The van der Waals surface area contributed by atoms with Crippen molar-refractivity contribution in [1.29, 1.82) is 0 Å². The maximum Gasteiger partial charge on any atom is 0.243 e. The number of halogens is 2. The van der Waals surface area contributed by atoms with Gasteiger partial charge in [0.15, 0.2) is 0 Å². The van der Waals surface area contributed by atoms with E-state index in [-0.39, 0.29) is 30.7 Å². The molecule has 1 aliphatic rings. The SMILES string of the molecule is Cl.Cl.O=C1CNCCN1c1ncccn1. The Morgan fingerprint density at radius 3 is 2.53 bits per heavy atom. The third-order valence-corrected chi connectivity index (χ3v) is 1.88. The second-order valence-electron chi connectivity index (χ2n) is 2.77. The van der Waals surface area contributed by atoms with Gasteiger partial charge in [-0.15, -0.1) is 24.8 Å². The van der Waals surface area contributed by atoms with Crippen molar-refractivity contribution in [1.82, 2.24) is 15.3 Å². The molecule has 0 radical (unpaired) electrons. The van der Waals surface area contributed by atoms with Crippen LogP contribution in [0.2, 0.25) is 0 Å². The van der Waals surface area contributed by atoms with Gasteiger partial charge in [-0.05, 0) is 6.07 Å².